The van der Waals surface area contributed by atoms with Crippen LogP contribution in [-0.2, 0) is 14.2 Å². The predicted molar refractivity (Wildman–Crippen MR) is 66.4 cm³/mol. The zero-order valence-electron chi connectivity index (χ0n) is 10.5. The summed E-state index contributed by atoms with van der Waals surface area (Å²) in [5, 5.41) is 8.65. The van der Waals surface area contributed by atoms with Crippen LogP contribution < -0.4 is 0 Å². The number of carbonyl (C=O) groups is 1. The summed E-state index contributed by atoms with van der Waals surface area (Å²) in [6, 6.07) is 8.36. The van der Waals surface area contributed by atoms with Gasteiger partial charge < -0.3 is 14.2 Å². The van der Waals surface area contributed by atoms with Crippen LogP contribution in [0.15, 0.2) is 24.3 Å². The molecule has 1 aliphatic rings. The van der Waals surface area contributed by atoms with E-state index in [-0.39, 0.29) is 12.3 Å². The van der Waals surface area contributed by atoms with Crippen molar-refractivity contribution in [2.24, 2.45) is 0 Å². The Morgan fingerprint density at radius 2 is 2.00 bits per heavy atom. The first kappa shape index (κ1) is 13.5. The molecule has 1 aliphatic heterocycles. The number of hydrogen-bond acceptors (Lipinski definition) is 5. The van der Waals surface area contributed by atoms with Crippen molar-refractivity contribution in [3.63, 3.8) is 0 Å². The molecule has 1 fully saturated rings. The third-order valence-electron chi connectivity index (χ3n) is 2.76. The van der Waals surface area contributed by atoms with E-state index in [4.69, 9.17) is 19.5 Å². The lowest BCUT2D eigenvalue weighted by Crippen LogP contribution is -2.11. The SMILES string of the molecule is N#Cc1ccc(C(=O)OCCCC2OCCO2)cc1. The quantitative estimate of drug-likeness (QED) is 0.598. The third-order valence-corrected chi connectivity index (χ3v) is 2.76. The van der Waals surface area contributed by atoms with Crippen LogP contribution in [0.3, 0.4) is 0 Å². The molecule has 0 radical (unpaired) electrons. The van der Waals surface area contributed by atoms with Crippen LogP contribution in [0.1, 0.15) is 28.8 Å². The highest BCUT2D eigenvalue weighted by Gasteiger charge is 2.15. The second-order valence-electron chi connectivity index (χ2n) is 4.14. The number of rotatable bonds is 5. The molecule has 1 heterocycles. The fraction of sp³-hybridized carbons (Fsp3) is 0.429. The summed E-state index contributed by atoms with van der Waals surface area (Å²) in [6.45, 7) is 1.60. The average Bonchev–Trinajstić information content (AvgIpc) is 2.96. The number of ether oxygens (including phenoxy) is 3. The van der Waals surface area contributed by atoms with E-state index in [0.717, 1.165) is 6.42 Å². The second-order valence-corrected chi connectivity index (χ2v) is 4.14. The number of nitrogens with zero attached hydrogens (tertiary/aromatic N) is 1. The fourth-order valence-corrected chi connectivity index (χ4v) is 1.75. The van der Waals surface area contributed by atoms with Crippen molar-refractivity contribution < 1.29 is 19.0 Å². The number of nitriles is 1. The molecule has 0 atom stereocenters. The molecular weight excluding hydrogens is 246 g/mol. The Kier molecular flexibility index (Phi) is 4.90. The minimum absolute atomic E-state index is 0.159. The third kappa shape index (κ3) is 4.05. The van der Waals surface area contributed by atoms with E-state index >= 15 is 0 Å². The molecule has 100 valence electrons. The Morgan fingerprint density at radius 3 is 2.63 bits per heavy atom. The second kappa shape index (κ2) is 6.88. The average molecular weight is 261 g/mol. The van der Waals surface area contributed by atoms with Crippen molar-refractivity contribution in [3.8, 4) is 6.07 Å². The van der Waals surface area contributed by atoms with Crippen LogP contribution >= 0.6 is 0 Å². The molecule has 5 nitrogen and oxygen atoms in total. The molecule has 0 aliphatic carbocycles. The van der Waals surface area contributed by atoms with E-state index in [0.29, 0.717) is 37.4 Å². The molecule has 5 heteroatoms. The van der Waals surface area contributed by atoms with Gasteiger partial charge in [-0.15, -0.1) is 0 Å². The van der Waals surface area contributed by atoms with Crippen LogP contribution in [0.5, 0.6) is 0 Å². The van der Waals surface area contributed by atoms with E-state index in [1.54, 1.807) is 24.3 Å². The molecule has 2 rings (SSSR count). The molecule has 0 amide bonds. The van der Waals surface area contributed by atoms with Gasteiger partial charge in [0.15, 0.2) is 6.29 Å². The van der Waals surface area contributed by atoms with Crippen molar-refractivity contribution in [3.05, 3.63) is 35.4 Å². The molecule has 0 saturated carbocycles. The highest BCUT2D eigenvalue weighted by atomic mass is 16.7. The Balaban J connectivity index is 1.69. The molecule has 0 spiro atoms. The standard InChI is InChI=1S/C14H15NO4/c15-10-11-3-5-12(6-4-11)14(16)19-7-1-2-13-17-8-9-18-13/h3-6,13H,1-2,7-9H2. The summed E-state index contributed by atoms with van der Waals surface area (Å²) in [6.07, 6.45) is 1.27. The molecular formula is C14H15NO4. The van der Waals surface area contributed by atoms with E-state index in [1.807, 2.05) is 6.07 Å². The highest BCUT2D eigenvalue weighted by molar-refractivity contribution is 5.89. The zero-order chi connectivity index (χ0) is 13.5. The number of esters is 1. The maximum Gasteiger partial charge on any atom is 0.338 e. The van der Waals surface area contributed by atoms with Gasteiger partial charge in [-0.05, 0) is 30.7 Å². The Hall–Kier alpha value is -1.90. The maximum absolute atomic E-state index is 11.7. The van der Waals surface area contributed by atoms with Gasteiger partial charge in [0.2, 0.25) is 0 Å². The Morgan fingerprint density at radius 1 is 1.32 bits per heavy atom. The maximum atomic E-state index is 11.7. The summed E-state index contributed by atoms with van der Waals surface area (Å²) < 4.78 is 15.7. The van der Waals surface area contributed by atoms with E-state index in [9.17, 15) is 4.79 Å². The smallest absolute Gasteiger partial charge is 0.338 e. The molecule has 19 heavy (non-hydrogen) atoms. The van der Waals surface area contributed by atoms with Crippen LogP contribution in [0.25, 0.3) is 0 Å². The van der Waals surface area contributed by atoms with Gasteiger partial charge in [0, 0.05) is 6.42 Å². The van der Waals surface area contributed by atoms with Crippen molar-refractivity contribution in [1.29, 1.82) is 5.26 Å². The molecule has 1 saturated heterocycles. The number of carbonyl (C=O) groups excluding carboxylic acids is 1. The lowest BCUT2D eigenvalue weighted by Gasteiger charge is -2.09. The Labute approximate surface area is 111 Å². The van der Waals surface area contributed by atoms with Crippen LogP contribution in [0.4, 0.5) is 0 Å². The van der Waals surface area contributed by atoms with Gasteiger partial charge in [-0.25, -0.2) is 4.79 Å². The summed E-state index contributed by atoms with van der Waals surface area (Å²) in [5.41, 5.74) is 0.972. The topological polar surface area (TPSA) is 68.6 Å². The van der Waals surface area contributed by atoms with Crippen molar-refractivity contribution in [1.82, 2.24) is 0 Å². The Bertz CT molecular complexity index is 457. The number of benzene rings is 1. The van der Waals surface area contributed by atoms with Gasteiger partial charge in [-0.3, -0.25) is 0 Å². The van der Waals surface area contributed by atoms with Crippen molar-refractivity contribution in [2.75, 3.05) is 19.8 Å². The van der Waals surface area contributed by atoms with Gasteiger partial charge in [-0.1, -0.05) is 0 Å². The molecule has 0 N–H and O–H groups in total. The van der Waals surface area contributed by atoms with Crippen LogP contribution in [0, 0.1) is 11.3 Å². The monoisotopic (exact) mass is 261 g/mol. The summed E-state index contributed by atoms with van der Waals surface area (Å²) in [4.78, 5) is 11.7. The van der Waals surface area contributed by atoms with Gasteiger partial charge in [-0.2, -0.15) is 5.26 Å². The summed E-state index contributed by atoms with van der Waals surface area (Å²) in [5.74, 6) is -0.377. The molecule has 0 bridgehead atoms. The lowest BCUT2D eigenvalue weighted by atomic mass is 10.1. The minimum Gasteiger partial charge on any atom is -0.462 e. The van der Waals surface area contributed by atoms with Gasteiger partial charge >= 0.3 is 5.97 Å². The fourth-order valence-electron chi connectivity index (χ4n) is 1.75. The first-order valence-electron chi connectivity index (χ1n) is 6.20. The van der Waals surface area contributed by atoms with E-state index < -0.39 is 0 Å². The minimum atomic E-state index is -0.377. The zero-order valence-corrected chi connectivity index (χ0v) is 10.5. The molecule has 0 aromatic heterocycles. The molecule has 1 aromatic carbocycles. The predicted octanol–water partition coefficient (Wildman–Crippen LogP) is 1.87. The van der Waals surface area contributed by atoms with Crippen molar-refractivity contribution in [2.45, 2.75) is 19.1 Å². The lowest BCUT2D eigenvalue weighted by molar-refractivity contribution is -0.0505. The van der Waals surface area contributed by atoms with Crippen LogP contribution in [-0.4, -0.2) is 32.1 Å². The normalized spacial score (nSPS) is 15.1. The first-order chi connectivity index (χ1) is 9.29. The summed E-state index contributed by atoms with van der Waals surface area (Å²) >= 11 is 0. The molecule has 0 unspecified atom stereocenters. The van der Waals surface area contributed by atoms with E-state index in [2.05, 4.69) is 0 Å². The first-order valence-corrected chi connectivity index (χ1v) is 6.20. The largest absolute Gasteiger partial charge is 0.462 e. The summed E-state index contributed by atoms with van der Waals surface area (Å²) in [7, 11) is 0. The van der Waals surface area contributed by atoms with Crippen LogP contribution in [0.2, 0.25) is 0 Å². The van der Waals surface area contributed by atoms with Gasteiger partial charge in [0.25, 0.3) is 0 Å². The van der Waals surface area contributed by atoms with Gasteiger partial charge in [0.1, 0.15) is 0 Å². The molecule has 1 aromatic rings. The van der Waals surface area contributed by atoms with Crippen molar-refractivity contribution >= 4 is 5.97 Å². The highest BCUT2D eigenvalue weighted by Crippen LogP contribution is 2.11. The number of hydrogen-bond donors (Lipinski definition) is 0. The van der Waals surface area contributed by atoms with Gasteiger partial charge in [0.05, 0.1) is 37.0 Å². The van der Waals surface area contributed by atoms with E-state index in [1.165, 1.54) is 0 Å².